The van der Waals surface area contributed by atoms with Crippen LogP contribution in [0, 0.1) is 17.9 Å². The Morgan fingerprint density at radius 2 is 2.22 bits per heavy atom. The van der Waals surface area contributed by atoms with Gasteiger partial charge in [-0.25, -0.2) is 0 Å². The Morgan fingerprint density at radius 1 is 1.56 bits per heavy atom. The quantitative estimate of drug-likeness (QED) is 0.451. The van der Waals surface area contributed by atoms with E-state index in [0.29, 0.717) is 5.92 Å². The van der Waals surface area contributed by atoms with Gasteiger partial charge in [-0.15, -0.1) is 0 Å². The first-order valence-corrected chi connectivity index (χ1v) is 3.52. The fraction of sp³-hybridized carbons (Fsp3) is 0.750. The Morgan fingerprint density at radius 3 is 2.67 bits per heavy atom. The monoisotopic (exact) mass is 125 g/mol. The van der Waals surface area contributed by atoms with Crippen molar-refractivity contribution in [2.75, 3.05) is 0 Å². The molecule has 0 spiro atoms. The molecule has 0 aliphatic rings. The number of nitrogens with two attached hydrogens (primary N) is 1. The molecule has 0 bridgehead atoms. The zero-order valence-corrected chi connectivity index (χ0v) is 6.28. The van der Waals surface area contributed by atoms with Crippen molar-refractivity contribution in [1.29, 1.82) is 0 Å². The minimum absolute atomic E-state index is 0.481. The van der Waals surface area contributed by atoms with Crippen LogP contribution in [0.3, 0.4) is 0 Å². The average molecular weight is 125 g/mol. The Bertz CT molecular complexity index is 107. The van der Waals surface area contributed by atoms with E-state index in [1.165, 1.54) is 19.3 Å². The fourth-order valence-corrected chi connectivity index (χ4v) is 0.725. The summed E-state index contributed by atoms with van der Waals surface area (Å²) in [5, 5.41) is 0. The van der Waals surface area contributed by atoms with E-state index >= 15 is 0 Å². The van der Waals surface area contributed by atoms with Crippen LogP contribution in [0.15, 0.2) is 0 Å². The van der Waals surface area contributed by atoms with Crippen molar-refractivity contribution in [3.63, 3.8) is 0 Å². The first kappa shape index (κ1) is 8.36. The highest BCUT2D eigenvalue weighted by atomic mass is 14.5. The minimum atomic E-state index is 0.481. The number of unbranched alkanes of at least 4 members (excludes halogenated alkanes) is 1. The SMILES string of the molecule is CCCCC(C)C#CN. The van der Waals surface area contributed by atoms with Crippen LogP contribution < -0.4 is 5.73 Å². The molecule has 0 heterocycles. The summed E-state index contributed by atoms with van der Waals surface area (Å²) in [5.74, 6) is 3.39. The lowest BCUT2D eigenvalue weighted by atomic mass is 10.1. The summed E-state index contributed by atoms with van der Waals surface area (Å²) in [5.41, 5.74) is 5.04. The summed E-state index contributed by atoms with van der Waals surface area (Å²) in [6.45, 7) is 4.29. The number of hydrogen-bond donors (Lipinski definition) is 1. The molecule has 52 valence electrons. The van der Waals surface area contributed by atoms with Crippen LogP contribution in [0.5, 0.6) is 0 Å². The average Bonchev–Trinajstić information content (AvgIpc) is 1.85. The zero-order chi connectivity index (χ0) is 7.11. The maximum Gasteiger partial charge on any atom is 0.0192 e. The predicted octanol–water partition coefficient (Wildman–Crippen LogP) is 1.73. The molecule has 0 rings (SSSR count). The van der Waals surface area contributed by atoms with Crippen molar-refractivity contribution in [3.8, 4) is 12.0 Å². The van der Waals surface area contributed by atoms with E-state index in [1.54, 1.807) is 0 Å². The molecule has 0 fully saturated rings. The van der Waals surface area contributed by atoms with E-state index < -0.39 is 0 Å². The Balaban J connectivity index is 3.23. The molecule has 1 unspecified atom stereocenters. The normalized spacial score (nSPS) is 11.8. The first-order chi connectivity index (χ1) is 4.31. The molecule has 0 aromatic heterocycles. The standard InChI is InChI=1S/C8H15N/c1-3-4-5-8(2)6-7-9/h8H,3-5,9H2,1-2H3. The molecule has 0 saturated heterocycles. The Labute approximate surface area is 57.6 Å². The molecule has 1 heteroatoms. The highest BCUT2D eigenvalue weighted by molar-refractivity contribution is 4.97. The zero-order valence-electron chi connectivity index (χ0n) is 6.28. The van der Waals surface area contributed by atoms with Gasteiger partial charge in [-0.3, -0.25) is 0 Å². The highest BCUT2D eigenvalue weighted by Crippen LogP contribution is 2.04. The lowest BCUT2D eigenvalue weighted by Gasteiger charge is -1.98. The van der Waals surface area contributed by atoms with Gasteiger partial charge in [-0.05, 0) is 6.42 Å². The van der Waals surface area contributed by atoms with Gasteiger partial charge in [0.1, 0.15) is 0 Å². The maximum absolute atomic E-state index is 5.04. The van der Waals surface area contributed by atoms with Gasteiger partial charge < -0.3 is 5.73 Å². The summed E-state index contributed by atoms with van der Waals surface area (Å²) in [6.07, 6.45) is 3.69. The molecule has 0 amide bonds. The van der Waals surface area contributed by atoms with E-state index in [9.17, 15) is 0 Å². The minimum Gasteiger partial charge on any atom is -0.359 e. The van der Waals surface area contributed by atoms with Crippen molar-refractivity contribution >= 4 is 0 Å². The summed E-state index contributed by atoms with van der Waals surface area (Å²) >= 11 is 0. The maximum atomic E-state index is 5.04. The van der Waals surface area contributed by atoms with Crippen LogP contribution in [0.2, 0.25) is 0 Å². The van der Waals surface area contributed by atoms with Gasteiger partial charge >= 0.3 is 0 Å². The summed E-state index contributed by atoms with van der Waals surface area (Å²) in [7, 11) is 0. The van der Waals surface area contributed by atoms with E-state index in [4.69, 9.17) is 5.73 Å². The Hall–Kier alpha value is -0.640. The third-order valence-corrected chi connectivity index (χ3v) is 1.32. The van der Waals surface area contributed by atoms with Gasteiger partial charge in [0, 0.05) is 12.0 Å². The van der Waals surface area contributed by atoms with Crippen LogP contribution in [0.1, 0.15) is 33.1 Å². The second-order valence-electron chi connectivity index (χ2n) is 2.33. The van der Waals surface area contributed by atoms with E-state index in [0.717, 1.165) is 0 Å². The fourth-order valence-electron chi connectivity index (χ4n) is 0.725. The molecule has 0 radical (unpaired) electrons. The molecule has 9 heavy (non-hydrogen) atoms. The molecular formula is C8H15N. The molecule has 1 atom stereocenters. The molecule has 2 N–H and O–H groups in total. The second kappa shape index (κ2) is 5.50. The molecule has 0 aliphatic carbocycles. The van der Waals surface area contributed by atoms with Gasteiger partial charge in [0.2, 0.25) is 0 Å². The lowest BCUT2D eigenvalue weighted by molar-refractivity contribution is 0.613. The summed E-state index contributed by atoms with van der Waals surface area (Å²) < 4.78 is 0. The number of hydrogen-bond acceptors (Lipinski definition) is 1. The van der Waals surface area contributed by atoms with Crippen molar-refractivity contribution < 1.29 is 0 Å². The highest BCUT2D eigenvalue weighted by Gasteiger charge is 1.93. The third-order valence-electron chi connectivity index (χ3n) is 1.32. The molecular weight excluding hydrogens is 110 g/mol. The largest absolute Gasteiger partial charge is 0.359 e. The molecule has 1 nitrogen and oxygen atoms in total. The van der Waals surface area contributed by atoms with Crippen LogP contribution in [0.4, 0.5) is 0 Å². The molecule has 0 aliphatic heterocycles. The third kappa shape index (κ3) is 5.23. The topological polar surface area (TPSA) is 26.0 Å². The summed E-state index contributed by atoms with van der Waals surface area (Å²) in [4.78, 5) is 0. The first-order valence-electron chi connectivity index (χ1n) is 3.52. The molecule has 0 saturated carbocycles. The second-order valence-corrected chi connectivity index (χ2v) is 2.33. The van der Waals surface area contributed by atoms with E-state index in [-0.39, 0.29) is 0 Å². The predicted molar refractivity (Wildman–Crippen MR) is 40.7 cm³/mol. The van der Waals surface area contributed by atoms with Crippen molar-refractivity contribution in [3.05, 3.63) is 0 Å². The number of rotatable bonds is 3. The smallest absolute Gasteiger partial charge is 0.0192 e. The van der Waals surface area contributed by atoms with Gasteiger partial charge in [0.05, 0.1) is 0 Å². The molecule has 0 aromatic rings. The molecule has 0 aromatic carbocycles. The van der Waals surface area contributed by atoms with E-state index in [2.05, 4.69) is 25.8 Å². The Kier molecular flexibility index (Phi) is 5.11. The van der Waals surface area contributed by atoms with Gasteiger partial charge in [0.25, 0.3) is 0 Å². The van der Waals surface area contributed by atoms with Crippen LogP contribution in [-0.2, 0) is 0 Å². The van der Waals surface area contributed by atoms with Crippen LogP contribution >= 0.6 is 0 Å². The van der Waals surface area contributed by atoms with Crippen molar-refractivity contribution in [2.45, 2.75) is 33.1 Å². The van der Waals surface area contributed by atoms with E-state index in [1.807, 2.05) is 0 Å². The van der Waals surface area contributed by atoms with Crippen LogP contribution in [0.25, 0.3) is 0 Å². The van der Waals surface area contributed by atoms with Gasteiger partial charge in [0.15, 0.2) is 0 Å². The van der Waals surface area contributed by atoms with Crippen LogP contribution in [-0.4, -0.2) is 0 Å². The van der Waals surface area contributed by atoms with Gasteiger partial charge in [-0.1, -0.05) is 32.6 Å². The summed E-state index contributed by atoms with van der Waals surface area (Å²) in [6, 6.07) is 2.43. The lowest BCUT2D eigenvalue weighted by Crippen LogP contribution is -1.91. The van der Waals surface area contributed by atoms with Crippen molar-refractivity contribution in [2.24, 2.45) is 11.7 Å². The van der Waals surface area contributed by atoms with Crippen molar-refractivity contribution in [1.82, 2.24) is 0 Å². The van der Waals surface area contributed by atoms with Gasteiger partial charge in [-0.2, -0.15) is 0 Å².